The summed E-state index contributed by atoms with van der Waals surface area (Å²) in [5, 5.41) is 0. The van der Waals surface area contributed by atoms with Gasteiger partial charge in [-0.25, -0.2) is 28.0 Å². The smallest absolute Gasteiger partial charge is 0.343 e. The number of unbranched alkanes of at least 4 members (excludes halogenated alkanes) is 18. The Morgan fingerprint density at radius 2 is 0.658 bits per heavy atom. The highest BCUT2D eigenvalue weighted by Crippen LogP contribution is 2.32. The van der Waals surface area contributed by atoms with E-state index in [-0.39, 0.29) is 39.5 Å². The summed E-state index contributed by atoms with van der Waals surface area (Å²) in [4.78, 5) is 51.8. The first-order valence-corrected chi connectivity index (χ1v) is 27.2. The first-order chi connectivity index (χ1) is 37.1. The highest BCUT2D eigenvalue weighted by atomic mass is 19.1. The lowest BCUT2D eigenvalue weighted by molar-refractivity contribution is 0.0717. The molecule has 0 radical (unpaired) electrons. The molecule has 0 bridgehead atoms. The molecule has 0 saturated heterocycles. The fourth-order valence-corrected chi connectivity index (χ4v) is 8.45. The Bertz CT molecular complexity index is 2720. The lowest BCUT2D eigenvalue weighted by atomic mass is 10.0. The van der Waals surface area contributed by atoms with Crippen molar-refractivity contribution in [2.45, 2.75) is 142 Å². The molecule has 0 spiro atoms. The predicted octanol–water partition coefficient (Wildman–Crippen LogP) is 17.1. The standard InChI is InChI=1S/C64H72F2O10/c1-3-5-7-9-11-13-15-17-19-21-43-71-52-32-23-47(24-33-52)61(67)73-54-36-27-49(28-37-54)63(69)75-56-40-41-58(65)57(46-56)51-31-42-60(59(66)45-51)76-64(70)50-29-38-55(39-30-50)74-62(68)48-25-34-53(35-26-48)72-44-22-20-18-16-14-12-10-8-6-4-2/h23-42,45-46H,3-22,43-44H2,1-2H3. The minimum atomic E-state index is -0.949. The van der Waals surface area contributed by atoms with Gasteiger partial charge in [-0.15, -0.1) is 0 Å². The Labute approximate surface area is 447 Å². The van der Waals surface area contributed by atoms with Crippen molar-refractivity contribution in [1.29, 1.82) is 0 Å². The molecule has 76 heavy (non-hydrogen) atoms. The van der Waals surface area contributed by atoms with Crippen LogP contribution in [0.1, 0.15) is 184 Å². The minimum Gasteiger partial charge on any atom is -0.494 e. The molecule has 0 aromatic heterocycles. The van der Waals surface area contributed by atoms with E-state index < -0.39 is 41.3 Å². The van der Waals surface area contributed by atoms with E-state index in [0.717, 1.165) is 37.8 Å². The molecule has 0 aliphatic rings. The van der Waals surface area contributed by atoms with E-state index in [4.69, 9.17) is 28.4 Å². The van der Waals surface area contributed by atoms with Gasteiger partial charge < -0.3 is 28.4 Å². The average molecular weight is 1040 g/mol. The van der Waals surface area contributed by atoms with E-state index in [1.807, 2.05) is 0 Å². The number of hydrogen-bond donors (Lipinski definition) is 0. The van der Waals surface area contributed by atoms with Crippen molar-refractivity contribution in [3.05, 3.63) is 167 Å². The lowest BCUT2D eigenvalue weighted by Crippen LogP contribution is -2.11. The molecular formula is C64H72F2O10. The van der Waals surface area contributed by atoms with Crippen LogP contribution in [0.25, 0.3) is 11.1 Å². The van der Waals surface area contributed by atoms with Crippen LogP contribution >= 0.6 is 0 Å². The average Bonchev–Trinajstić information content (AvgIpc) is 3.43. The van der Waals surface area contributed by atoms with Crippen molar-refractivity contribution in [3.63, 3.8) is 0 Å². The molecule has 0 N–H and O–H groups in total. The zero-order chi connectivity index (χ0) is 53.7. The molecule has 0 atom stereocenters. The summed E-state index contributed by atoms with van der Waals surface area (Å²) in [6.07, 6.45) is 24.9. The predicted molar refractivity (Wildman–Crippen MR) is 292 cm³/mol. The van der Waals surface area contributed by atoms with E-state index in [0.29, 0.717) is 35.8 Å². The third kappa shape index (κ3) is 19.7. The van der Waals surface area contributed by atoms with E-state index in [1.54, 1.807) is 48.5 Å². The van der Waals surface area contributed by atoms with Gasteiger partial charge in [0.05, 0.1) is 35.5 Å². The van der Waals surface area contributed by atoms with Crippen LogP contribution < -0.4 is 28.4 Å². The van der Waals surface area contributed by atoms with Crippen LogP contribution in [0.15, 0.2) is 133 Å². The van der Waals surface area contributed by atoms with Crippen molar-refractivity contribution in [2.24, 2.45) is 0 Å². The van der Waals surface area contributed by atoms with Gasteiger partial charge in [-0.05, 0) is 146 Å². The Balaban J connectivity index is 0.905. The topological polar surface area (TPSA) is 124 Å². The summed E-state index contributed by atoms with van der Waals surface area (Å²) in [6.45, 7) is 5.69. The van der Waals surface area contributed by atoms with E-state index in [2.05, 4.69) is 13.8 Å². The summed E-state index contributed by atoms with van der Waals surface area (Å²) < 4.78 is 64.0. The Morgan fingerprint density at radius 3 is 1.04 bits per heavy atom. The van der Waals surface area contributed by atoms with Crippen molar-refractivity contribution >= 4 is 23.9 Å². The minimum absolute atomic E-state index is 0.0182. The highest BCUT2D eigenvalue weighted by Gasteiger charge is 2.18. The van der Waals surface area contributed by atoms with Crippen LogP contribution in [0.3, 0.4) is 0 Å². The second kappa shape index (κ2) is 32.2. The number of ether oxygens (including phenoxy) is 6. The van der Waals surface area contributed by atoms with E-state index in [1.165, 1.54) is 176 Å². The molecule has 0 unspecified atom stereocenters. The zero-order valence-electron chi connectivity index (χ0n) is 44.1. The van der Waals surface area contributed by atoms with E-state index >= 15 is 8.78 Å². The molecule has 0 heterocycles. The number of rotatable bonds is 33. The first kappa shape index (κ1) is 57.9. The number of carbonyl (C=O) groups excluding carboxylic acids is 4. The van der Waals surface area contributed by atoms with Gasteiger partial charge in [0.25, 0.3) is 0 Å². The number of benzene rings is 6. The fraction of sp³-hybridized carbons (Fsp3) is 0.375. The van der Waals surface area contributed by atoms with Gasteiger partial charge in [0.15, 0.2) is 11.6 Å². The van der Waals surface area contributed by atoms with Crippen LogP contribution in [0.5, 0.6) is 34.5 Å². The van der Waals surface area contributed by atoms with Crippen molar-refractivity contribution in [2.75, 3.05) is 13.2 Å². The number of carbonyl (C=O) groups is 4. The molecule has 0 amide bonds. The largest absolute Gasteiger partial charge is 0.494 e. The van der Waals surface area contributed by atoms with Crippen LogP contribution in [0.2, 0.25) is 0 Å². The molecule has 0 aliphatic heterocycles. The molecule has 12 heteroatoms. The van der Waals surface area contributed by atoms with Crippen LogP contribution in [0, 0.1) is 11.6 Å². The van der Waals surface area contributed by atoms with Crippen LogP contribution in [-0.2, 0) is 0 Å². The van der Waals surface area contributed by atoms with Crippen molar-refractivity contribution in [1.82, 2.24) is 0 Å². The van der Waals surface area contributed by atoms with Gasteiger partial charge in [0.1, 0.15) is 34.6 Å². The third-order valence-corrected chi connectivity index (χ3v) is 12.9. The molecule has 6 rings (SSSR count). The molecule has 6 aromatic carbocycles. The zero-order valence-corrected chi connectivity index (χ0v) is 44.1. The fourth-order valence-electron chi connectivity index (χ4n) is 8.45. The number of halogens is 2. The van der Waals surface area contributed by atoms with Gasteiger partial charge in [-0.3, -0.25) is 0 Å². The maximum absolute atomic E-state index is 15.4. The maximum atomic E-state index is 15.4. The number of esters is 4. The normalized spacial score (nSPS) is 10.9. The van der Waals surface area contributed by atoms with E-state index in [9.17, 15) is 19.2 Å². The summed E-state index contributed by atoms with van der Waals surface area (Å²) in [5.41, 5.74) is 0.853. The Kier molecular flexibility index (Phi) is 24.5. The molecule has 10 nitrogen and oxygen atoms in total. The van der Waals surface area contributed by atoms with Crippen LogP contribution in [-0.4, -0.2) is 37.1 Å². The van der Waals surface area contributed by atoms with Gasteiger partial charge in [0.2, 0.25) is 0 Å². The molecule has 0 aliphatic carbocycles. The summed E-state index contributed by atoms with van der Waals surface area (Å²) in [6, 6.07) is 31.9. The summed E-state index contributed by atoms with van der Waals surface area (Å²) >= 11 is 0. The second-order valence-corrected chi connectivity index (χ2v) is 19.0. The molecular weight excluding hydrogens is 967 g/mol. The van der Waals surface area contributed by atoms with Gasteiger partial charge in [-0.1, -0.05) is 135 Å². The molecule has 402 valence electrons. The molecule has 0 saturated carbocycles. The first-order valence-electron chi connectivity index (χ1n) is 27.2. The van der Waals surface area contributed by atoms with Gasteiger partial charge in [0, 0.05) is 5.56 Å². The summed E-state index contributed by atoms with van der Waals surface area (Å²) in [7, 11) is 0. The second-order valence-electron chi connectivity index (χ2n) is 19.0. The molecule has 6 aromatic rings. The Morgan fingerprint density at radius 1 is 0.329 bits per heavy atom. The quantitative estimate of drug-likeness (QED) is 0.0224. The Hall–Kier alpha value is -7.34. The SMILES string of the molecule is CCCCCCCCCCCCOc1ccc(C(=O)Oc2ccc(C(=O)Oc3ccc(F)c(-c4ccc(OC(=O)c5ccc(OC(=O)c6ccc(OCCCCCCCCCCCC)cc6)cc5)c(F)c4)c3)cc2)cc1. The monoisotopic (exact) mass is 1040 g/mol. The third-order valence-electron chi connectivity index (χ3n) is 12.9. The van der Waals surface area contributed by atoms with Gasteiger partial charge in [-0.2, -0.15) is 0 Å². The highest BCUT2D eigenvalue weighted by molar-refractivity contribution is 5.94. The lowest BCUT2D eigenvalue weighted by Gasteiger charge is -2.11. The van der Waals surface area contributed by atoms with Crippen molar-refractivity contribution < 1.29 is 56.4 Å². The molecule has 0 fully saturated rings. The summed E-state index contributed by atoms with van der Waals surface area (Å²) in [5.74, 6) is -3.19. The van der Waals surface area contributed by atoms with Gasteiger partial charge >= 0.3 is 23.9 Å². The maximum Gasteiger partial charge on any atom is 0.343 e. The number of hydrogen-bond acceptors (Lipinski definition) is 10. The van der Waals surface area contributed by atoms with Crippen LogP contribution in [0.4, 0.5) is 8.78 Å². The van der Waals surface area contributed by atoms with Crippen molar-refractivity contribution in [3.8, 4) is 45.6 Å².